The minimum Gasteiger partial charge on any atom is -0.374 e. The minimum absolute atomic E-state index is 0.249. The summed E-state index contributed by atoms with van der Waals surface area (Å²) in [5.74, 6) is -1.40. The molecule has 3 fully saturated rings. The number of hydrogen-bond donors (Lipinski definition) is 0. The molecule has 0 aliphatic carbocycles. The van der Waals surface area contributed by atoms with Crippen LogP contribution in [0, 0.1) is 0 Å². The van der Waals surface area contributed by atoms with Gasteiger partial charge in [0.2, 0.25) is 0 Å². The Morgan fingerprint density at radius 3 is 2.26 bits per heavy atom. The standard InChI is InChI=1S/C21H28O6/c1-6-13-7-9-14(10-8-13)11-22-12-15-16-17(25-20(2,3)24-16)18-19(23-15)27-21(4,5)26-18/h6-10,15-19H,1,11-12H2,2-5H3/t15-,16+,17+,18-,19?/m1/s1. The molecule has 0 radical (unpaired) electrons. The van der Waals surface area contributed by atoms with Gasteiger partial charge in [-0.2, -0.15) is 0 Å². The third-order valence-corrected chi connectivity index (χ3v) is 5.02. The molecule has 4 rings (SSSR count). The van der Waals surface area contributed by atoms with Crippen molar-refractivity contribution in [2.75, 3.05) is 6.61 Å². The Morgan fingerprint density at radius 2 is 1.56 bits per heavy atom. The van der Waals surface area contributed by atoms with E-state index in [1.807, 2.05) is 58.0 Å². The van der Waals surface area contributed by atoms with Gasteiger partial charge in [0.15, 0.2) is 17.9 Å². The normalized spacial score (nSPS) is 36.2. The Hall–Kier alpha value is -1.28. The van der Waals surface area contributed by atoms with Gasteiger partial charge in [0.25, 0.3) is 0 Å². The van der Waals surface area contributed by atoms with Crippen LogP contribution in [-0.4, -0.2) is 48.9 Å². The van der Waals surface area contributed by atoms with Gasteiger partial charge in [-0.15, -0.1) is 0 Å². The number of benzene rings is 1. The number of rotatable bonds is 5. The van der Waals surface area contributed by atoms with Crippen molar-refractivity contribution in [1.82, 2.24) is 0 Å². The molecular weight excluding hydrogens is 348 g/mol. The Kier molecular flexibility index (Phi) is 4.91. The van der Waals surface area contributed by atoms with E-state index >= 15 is 0 Å². The van der Waals surface area contributed by atoms with E-state index in [0.717, 1.165) is 11.1 Å². The average Bonchev–Trinajstić information content (AvgIpc) is 3.10. The Bertz CT molecular complexity index is 682. The van der Waals surface area contributed by atoms with Crippen LogP contribution in [-0.2, 0) is 35.0 Å². The van der Waals surface area contributed by atoms with E-state index in [4.69, 9.17) is 28.4 Å². The summed E-state index contributed by atoms with van der Waals surface area (Å²) in [6, 6.07) is 8.11. The van der Waals surface area contributed by atoms with E-state index in [1.165, 1.54) is 0 Å². The van der Waals surface area contributed by atoms with E-state index in [9.17, 15) is 0 Å². The van der Waals surface area contributed by atoms with Gasteiger partial charge in [-0.25, -0.2) is 0 Å². The second kappa shape index (κ2) is 6.95. The maximum Gasteiger partial charge on any atom is 0.190 e. The van der Waals surface area contributed by atoms with Gasteiger partial charge in [0.05, 0.1) is 13.2 Å². The van der Waals surface area contributed by atoms with Gasteiger partial charge in [0.1, 0.15) is 24.4 Å². The Balaban J connectivity index is 1.41. The molecule has 1 unspecified atom stereocenters. The third kappa shape index (κ3) is 3.97. The zero-order chi connectivity index (χ0) is 19.2. The van der Waals surface area contributed by atoms with Gasteiger partial charge < -0.3 is 28.4 Å². The molecule has 0 aromatic heterocycles. The molecule has 1 aromatic rings. The summed E-state index contributed by atoms with van der Waals surface area (Å²) in [5, 5.41) is 0. The average molecular weight is 376 g/mol. The van der Waals surface area contributed by atoms with Crippen molar-refractivity contribution >= 4 is 6.08 Å². The summed E-state index contributed by atoms with van der Waals surface area (Å²) < 4.78 is 36.2. The fourth-order valence-electron chi connectivity index (χ4n) is 3.87. The van der Waals surface area contributed by atoms with Crippen molar-refractivity contribution < 1.29 is 28.4 Å². The Morgan fingerprint density at radius 1 is 0.926 bits per heavy atom. The number of ether oxygens (including phenoxy) is 6. The third-order valence-electron chi connectivity index (χ3n) is 5.02. The molecule has 3 heterocycles. The van der Waals surface area contributed by atoms with E-state index < -0.39 is 17.9 Å². The molecule has 6 nitrogen and oxygen atoms in total. The van der Waals surface area contributed by atoms with Crippen molar-refractivity contribution in [2.45, 2.75) is 76.6 Å². The first-order chi connectivity index (χ1) is 12.8. The topological polar surface area (TPSA) is 55.4 Å². The summed E-state index contributed by atoms with van der Waals surface area (Å²) in [4.78, 5) is 0. The number of hydrogen-bond acceptors (Lipinski definition) is 6. The molecule has 0 spiro atoms. The smallest absolute Gasteiger partial charge is 0.190 e. The van der Waals surface area contributed by atoms with Crippen LogP contribution in [0.1, 0.15) is 38.8 Å². The highest BCUT2D eigenvalue weighted by Gasteiger charge is 2.60. The molecule has 6 heteroatoms. The van der Waals surface area contributed by atoms with Crippen molar-refractivity contribution in [3.63, 3.8) is 0 Å². The lowest BCUT2D eigenvalue weighted by Gasteiger charge is -2.37. The quantitative estimate of drug-likeness (QED) is 0.786. The second-order valence-electron chi connectivity index (χ2n) is 8.17. The molecule has 0 bridgehead atoms. The van der Waals surface area contributed by atoms with E-state index in [-0.39, 0.29) is 24.4 Å². The van der Waals surface area contributed by atoms with Crippen molar-refractivity contribution in [3.8, 4) is 0 Å². The molecule has 0 saturated carbocycles. The lowest BCUT2D eigenvalue weighted by atomic mass is 9.99. The first-order valence-electron chi connectivity index (χ1n) is 9.42. The first kappa shape index (κ1) is 19.1. The van der Waals surface area contributed by atoms with Crippen LogP contribution in [0.25, 0.3) is 6.08 Å². The second-order valence-corrected chi connectivity index (χ2v) is 8.17. The van der Waals surface area contributed by atoms with Crippen LogP contribution in [0.5, 0.6) is 0 Å². The highest BCUT2D eigenvalue weighted by atomic mass is 16.9. The predicted octanol–water partition coefficient (Wildman–Crippen LogP) is 3.24. The van der Waals surface area contributed by atoms with E-state index in [2.05, 4.69) is 6.58 Å². The predicted molar refractivity (Wildman–Crippen MR) is 98.7 cm³/mol. The fraction of sp³-hybridized carbons (Fsp3) is 0.619. The molecule has 1 aromatic carbocycles. The van der Waals surface area contributed by atoms with E-state index in [1.54, 1.807) is 0 Å². The molecular formula is C21H28O6. The van der Waals surface area contributed by atoms with Gasteiger partial charge in [-0.05, 0) is 38.8 Å². The molecule has 0 N–H and O–H groups in total. The molecule has 3 aliphatic rings. The van der Waals surface area contributed by atoms with Crippen LogP contribution >= 0.6 is 0 Å². The molecule has 27 heavy (non-hydrogen) atoms. The largest absolute Gasteiger partial charge is 0.374 e. The van der Waals surface area contributed by atoms with Crippen LogP contribution in [0.15, 0.2) is 30.8 Å². The van der Waals surface area contributed by atoms with Crippen LogP contribution in [0.2, 0.25) is 0 Å². The van der Waals surface area contributed by atoms with Gasteiger partial charge in [-0.1, -0.05) is 36.9 Å². The minimum atomic E-state index is -0.710. The molecule has 3 aliphatic heterocycles. The summed E-state index contributed by atoms with van der Waals surface area (Å²) in [6.45, 7) is 12.2. The summed E-state index contributed by atoms with van der Waals surface area (Å²) in [7, 11) is 0. The molecule has 5 atom stereocenters. The first-order valence-corrected chi connectivity index (χ1v) is 9.42. The van der Waals surface area contributed by atoms with Crippen molar-refractivity contribution in [1.29, 1.82) is 0 Å². The lowest BCUT2D eigenvalue weighted by molar-refractivity contribution is -0.243. The zero-order valence-electron chi connectivity index (χ0n) is 16.3. The summed E-state index contributed by atoms with van der Waals surface area (Å²) in [5.41, 5.74) is 2.18. The highest BCUT2D eigenvalue weighted by Crippen LogP contribution is 2.44. The fourth-order valence-corrected chi connectivity index (χ4v) is 3.87. The van der Waals surface area contributed by atoms with Crippen molar-refractivity contribution in [3.05, 3.63) is 42.0 Å². The maximum absolute atomic E-state index is 6.14. The lowest BCUT2D eigenvalue weighted by Crippen LogP contribution is -2.56. The Labute approximate surface area is 160 Å². The van der Waals surface area contributed by atoms with Crippen LogP contribution in [0.4, 0.5) is 0 Å². The molecule has 0 amide bonds. The van der Waals surface area contributed by atoms with E-state index in [0.29, 0.717) is 13.2 Å². The SMILES string of the molecule is C=Cc1ccc(COC[C@H]2OC3OC(C)(C)O[C@@H]3[C@H]3OC(C)(C)O[C@H]32)cc1. The van der Waals surface area contributed by atoms with Gasteiger partial charge in [-0.3, -0.25) is 0 Å². The van der Waals surface area contributed by atoms with Crippen molar-refractivity contribution in [2.24, 2.45) is 0 Å². The summed E-state index contributed by atoms with van der Waals surface area (Å²) in [6.07, 6.45) is 0.223. The highest BCUT2D eigenvalue weighted by molar-refractivity contribution is 5.47. The van der Waals surface area contributed by atoms with Gasteiger partial charge in [0, 0.05) is 0 Å². The summed E-state index contributed by atoms with van der Waals surface area (Å²) >= 11 is 0. The van der Waals surface area contributed by atoms with Crippen LogP contribution in [0.3, 0.4) is 0 Å². The maximum atomic E-state index is 6.14. The monoisotopic (exact) mass is 376 g/mol. The van der Waals surface area contributed by atoms with Gasteiger partial charge >= 0.3 is 0 Å². The number of fused-ring (bicyclic) bond motifs is 3. The van der Waals surface area contributed by atoms with Crippen LogP contribution < -0.4 is 0 Å². The molecule has 3 saturated heterocycles. The molecule has 148 valence electrons. The zero-order valence-corrected chi connectivity index (χ0v) is 16.3.